The first-order valence-electron chi connectivity index (χ1n) is 15.4. The van der Waals surface area contributed by atoms with Crippen LogP contribution in [0.1, 0.15) is 73.8 Å². The van der Waals surface area contributed by atoms with Crippen LogP contribution in [0.15, 0.2) is 77.7 Å². The summed E-state index contributed by atoms with van der Waals surface area (Å²) in [6, 6.07) is 20.5. The maximum atomic E-state index is 13.3. The zero-order chi connectivity index (χ0) is 32.5. The summed E-state index contributed by atoms with van der Waals surface area (Å²) in [4.78, 5) is 16.8. The lowest BCUT2D eigenvalue weighted by molar-refractivity contribution is -0.168. The van der Waals surface area contributed by atoms with Crippen LogP contribution >= 0.6 is 0 Å². The molecule has 0 aliphatic carbocycles. The van der Waals surface area contributed by atoms with Crippen LogP contribution in [-0.4, -0.2) is 60.5 Å². The second-order valence-electron chi connectivity index (χ2n) is 10.9. The Balaban J connectivity index is 1.27. The molecule has 0 fully saturated rings. The SMILES string of the molecule is CC(=O)ON(Cc1ccccc1)S(=O)(=O)c1cccc(CCCCOCCCCCCNC[C@@H](O)c2ccc(O)c(CO)c2)c1. The normalized spacial score (nSPS) is 12.4. The molecular formula is C34H46N2O8S. The Bertz CT molecular complexity index is 1420. The summed E-state index contributed by atoms with van der Waals surface area (Å²) in [5, 5.41) is 32.5. The van der Waals surface area contributed by atoms with E-state index >= 15 is 0 Å². The minimum absolute atomic E-state index is 0.0212. The van der Waals surface area contributed by atoms with Gasteiger partial charge in [0.1, 0.15) is 5.75 Å². The fraction of sp³-hybridized carbons (Fsp3) is 0.441. The number of aliphatic hydroxyl groups is 2. The van der Waals surface area contributed by atoms with Crippen molar-refractivity contribution in [3.63, 3.8) is 0 Å². The lowest BCUT2D eigenvalue weighted by atomic mass is 10.1. The number of carbonyl (C=O) groups excluding carboxylic acids is 1. The number of aromatic hydroxyl groups is 1. The Morgan fingerprint density at radius 3 is 2.33 bits per heavy atom. The number of phenols is 1. The second kappa shape index (κ2) is 19.3. The van der Waals surface area contributed by atoms with Gasteiger partial charge in [0.25, 0.3) is 10.0 Å². The fourth-order valence-electron chi connectivity index (χ4n) is 4.76. The number of aryl methyl sites for hydroxylation is 1. The summed E-state index contributed by atoms with van der Waals surface area (Å²) in [6.45, 7) is 3.35. The van der Waals surface area contributed by atoms with Gasteiger partial charge >= 0.3 is 5.97 Å². The molecule has 0 radical (unpaired) electrons. The predicted molar refractivity (Wildman–Crippen MR) is 171 cm³/mol. The van der Waals surface area contributed by atoms with E-state index in [4.69, 9.17) is 9.57 Å². The molecule has 0 aliphatic heterocycles. The van der Waals surface area contributed by atoms with Crippen molar-refractivity contribution in [2.24, 2.45) is 0 Å². The number of ether oxygens (including phenoxy) is 1. The molecule has 246 valence electrons. The van der Waals surface area contributed by atoms with E-state index < -0.39 is 22.1 Å². The Kier molecular flexibility index (Phi) is 15.5. The molecule has 0 unspecified atom stereocenters. The number of benzene rings is 3. The average Bonchev–Trinajstić information content (AvgIpc) is 3.03. The Labute approximate surface area is 266 Å². The number of hydroxylamine groups is 1. The minimum atomic E-state index is -4.06. The van der Waals surface area contributed by atoms with E-state index in [0.29, 0.717) is 42.9 Å². The van der Waals surface area contributed by atoms with Gasteiger partial charge in [0.05, 0.1) is 24.2 Å². The van der Waals surface area contributed by atoms with E-state index in [2.05, 4.69) is 5.32 Å². The van der Waals surface area contributed by atoms with Crippen molar-refractivity contribution in [2.45, 2.75) is 76.0 Å². The highest BCUT2D eigenvalue weighted by atomic mass is 32.2. The van der Waals surface area contributed by atoms with Crippen LogP contribution in [0.2, 0.25) is 0 Å². The van der Waals surface area contributed by atoms with Crippen molar-refractivity contribution >= 4 is 16.0 Å². The monoisotopic (exact) mass is 642 g/mol. The molecule has 0 aliphatic rings. The molecule has 1 atom stereocenters. The Morgan fingerprint density at radius 2 is 1.60 bits per heavy atom. The molecule has 3 rings (SSSR count). The van der Waals surface area contributed by atoms with Gasteiger partial charge in [-0.2, -0.15) is 0 Å². The van der Waals surface area contributed by atoms with Crippen LogP contribution in [-0.2, 0) is 44.0 Å². The van der Waals surface area contributed by atoms with Crippen molar-refractivity contribution in [1.29, 1.82) is 0 Å². The molecule has 3 aromatic carbocycles. The molecule has 10 nitrogen and oxygen atoms in total. The van der Waals surface area contributed by atoms with Gasteiger partial charge < -0.3 is 30.2 Å². The first-order valence-corrected chi connectivity index (χ1v) is 16.9. The van der Waals surface area contributed by atoms with Gasteiger partial charge in [0.2, 0.25) is 0 Å². The molecule has 4 N–H and O–H groups in total. The topological polar surface area (TPSA) is 146 Å². The highest BCUT2D eigenvalue weighted by Crippen LogP contribution is 2.23. The summed E-state index contributed by atoms with van der Waals surface area (Å²) < 4.78 is 33.1. The molecule has 11 heteroatoms. The fourth-order valence-corrected chi connectivity index (χ4v) is 6.07. The molecule has 0 aromatic heterocycles. The maximum absolute atomic E-state index is 13.3. The predicted octanol–water partition coefficient (Wildman–Crippen LogP) is 4.78. The number of sulfonamides is 1. The maximum Gasteiger partial charge on any atom is 0.323 e. The number of nitrogens with zero attached hydrogens (tertiary/aromatic N) is 1. The van der Waals surface area contributed by atoms with E-state index in [-0.39, 0.29) is 23.8 Å². The van der Waals surface area contributed by atoms with Crippen molar-refractivity contribution in [2.75, 3.05) is 26.3 Å². The molecule has 0 saturated carbocycles. The number of hydrogen-bond donors (Lipinski definition) is 4. The third-order valence-electron chi connectivity index (χ3n) is 7.24. The number of aliphatic hydroxyl groups excluding tert-OH is 2. The third kappa shape index (κ3) is 12.5. The quantitative estimate of drug-likeness (QED) is 0.0953. The highest BCUT2D eigenvalue weighted by molar-refractivity contribution is 7.89. The number of hydrogen-bond acceptors (Lipinski definition) is 9. The van der Waals surface area contributed by atoms with E-state index in [0.717, 1.165) is 55.1 Å². The van der Waals surface area contributed by atoms with E-state index in [9.17, 15) is 28.5 Å². The first kappa shape index (κ1) is 36.2. The zero-order valence-electron chi connectivity index (χ0n) is 25.9. The van der Waals surface area contributed by atoms with Crippen LogP contribution in [0.3, 0.4) is 0 Å². The largest absolute Gasteiger partial charge is 0.508 e. The smallest absolute Gasteiger partial charge is 0.323 e. The lowest BCUT2D eigenvalue weighted by Crippen LogP contribution is -2.32. The summed E-state index contributed by atoms with van der Waals surface area (Å²) >= 11 is 0. The van der Waals surface area contributed by atoms with Crippen molar-refractivity contribution in [1.82, 2.24) is 9.79 Å². The van der Waals surface area contributed by atoms with Crippen LogP contribution in [0, 0.1) is 0 Å². The van der Waals surface area contributed by atoms with E-state index in [1.807, 2.05) is 12.1 Å². The third-order valence-corrected chi connectivity index (χ3v) is 8.83. The van der Waals surface area contributed by atoms with Gasteiger partial charge in [-0.1, -0.05) is 61.4 Å². The minimum Gasteiger partial charge on any atom is -0.508 e. The molecule has 0 bridgehead atoms. The van der Waals surface area contributed by atoms with Gasteiger partial charge in [-0.3, -0.25) is 4.79 Å². The standard InChI is InChI=1S/C34H46N2O8S/c1-27(38)44-36(25-29-13-5-4-6-14-29)45(41,42)32-16-11-15-28(22-32)12-7-10-21-43-20-9-3-2-8-19-35-24-34(40)30-17-18-33(39)31(23-30)26-37/h4-6,11,13-18,22-23,34-35,37,39-40H,2-3,7-10,12,19-21,24-26H2,1H3/t34-/m1/s1. The summed E-state index contributed by atoms with van der Waals surface area (Å²) in [7, 11) is -4.06. The van der Waals surface area contributed by atoms with Crippen LogP contribution in [0.25, 0.3) is 0 Å². The van der Waals surface area contributed by atoms with Gasteiger partial charge in [0.15, 0.2) is 0 Å². The molecule has 0 amide bonds. The van der Waals surface area contributed by atoms with E-state index in [1.165, 1.54) is 19.1 Å². The molecule has 45 heavy (non-hydrogen) atoms. The summed E-state index contributed by atoms with van der Waals surface area (Å²) in [5.41, 5.74) is 2.65. The van der Waals surface area contributed by atoms with Crippen molar-refractivity contribution in [3.05, 3.63) is 95.1 Å². The Morgan fingerprint density at radius 1 is 0.889 bits per heavy atom. The first-order chi connectivity index (χ1) is 21.7. The van der Waals surface area contributed by atoms with Gasteiger partial charge in [-0.05, 0) is 84.1 Å². The molecule has 0 saturated heterocycles. The van der Waals surface area contributed by atoms with Gasteiger partial charge in [-0.15, -0.1) is 0 Å². The highest BCUT2D eigenvalue weighted by Gasteiger charge is 2.28. The van der Waals surface area contributed by atoms with Gasteiger partial charge in [0, 0.05) is 32.2 Å². The van der Waals surface area contributed by atoms with Crippen molar-refractivity contribution < 1.29 is 38.1 Å². The zero-order valence-corrected chi connectivity index (χ0v) is 26.8. The number of nitrogens with one attached hydrogen (secondary N) is 1. The summed E-state index contributed by atoms with van der Waals surface area (Å²) in [6.07, 6.45) is 5.78. The van der Waals surface area contributed by atoms with Crippen molar-refractivity contribution in [3.8, 4) is 5.75 Å². The molecule has 3 aromatic rings. The Hall–Kier alpha value is -3.32. The van der Waals surface area contributed by atoms with Gasteiger partial charge in [-0.25, -0.2) is 8.42 Å². The van der Waals surface area contributed by atoms with Crippen LogP contribution in [0.4, 0.5) is 0 Å². The molecule has 0 spiro atoms. The molecule has 0 heterocycles. The van der Waals surface area contributed by atoms with Crippen LogP contribution in [0.5, 0.6) is 5.75 Å². The number of unbranched alkanes of at least 4 members (excludes halogenated alkanes) is 4. The van der Waals surface area contributed by atoms with Crippen LogP contribution < -0.4 is 5.32 Å². The van der Waals surface area contributed by atoms with E-state index in [1.54, 1.807) is 48.5 Å². The second-order valence-corrected chi connectivity index (χ2v) is 12.8. The average molecular weight is 643 g/mol. The molecular weight excluding hydrogens is 596 g/mol. The lowest BCUT2D eigenvalue weighted by Gasteiger charge is -2.20. The summed E-state index contributed by atoms with van der Waals surface area (Å²) in [5.74, 6) is -0.687. The number of rotatable bonds is 21. The number of carbonyl (C=O) groups is 1.